The first-order valence-electron chi connectivity index (χ1n) is 7.01. The SMILES string of the molecule is COc1ccc(C)cc1NC(=S)NCc1ccc(C(=O)O)cc1. The highest BCUT2D eigenvalue weighted by atomic mass is 32.1. The summed E-state index contributed by atoms with van der Waals surface area (Å²) in [5, 5.41) is 15.5. The molecule has 0 aliphatic heterocycles. The summed E-state index contributed by atoms with van der Waals surface area (Å²) in [6, 6.07) is 12.4. The Morgan fingerprint density at radius 3 is 2.52 bits per heavy atom. The fraction of sp³-hybridized carbons (Fsp3) is 0.176. The zero-order valence-corrected chi connectivity index (χ0v) is 13.7. The highest BCUT2D eigenvalue weighted by Gasteiger charge is 2.06. The monoisotopic (exact) mass is 330 g/mol. The number of rotatable bonds is 5. The number of methoxy groups -OCH3 is 1. The minimum absolute atomic E-state index is 0.263. The zero-order valence-electron chi connectivity index (χ0n) is 12.9. The lowest BCUT2D eigenvalue weighted by Gasteiger charge is -2.14. The Morgan fingerprint density at radius 1 is 1.22 bits per heavy atom. The first kappa shape index (κ1) is 16.8. The van der Waals surface area contributed by atoms with Crippen LogP contribution in [0.1, 0.15) is 21.5 Å². The van der Waals surface area contributed by atoms with E-state index in [1.165, 1.54) is 0 Å². The second-order valence-corrected chi connectivity index (χ2v) is 5.42. The molecule has 0 aromatic heterocycles. The summed E-state index contributed by atoms with van der Waals surface area (Å²) in [6.07, 6.45) is 0. The molecule has 0 radical (unpaired) electrons. The molecule has 0 heterocycles. The van der Waals surface area contributed by atoms with E-state index in [1.54, 1.807) is 31.4 Å². The third-order valence-electron chi connectivity index (χ3n) is 3.26. The summed E-state index contributed by atoms with van der Waals surface area (Å²) < 4.78 is 5.29. The average Bonchev–Trinajstić information content (AvgIpc) is 2.53. The van der Waals surface area contributed by atoms with Crippen LogP contribution >= 0.6 is 12.2 Å². The van der Waals surface area contributed by atoms with Crippen LogP contribution in [0.15, 0.2) is 42.5 Å². The molecule has 0 fully saturated rings. The summed E-state index contributed by atoms with van der Waals surface area (Å²) in [7, 11) is 1.61. The Balaban J connectivity index is 1.95. The molecule has 2 aromatic rings. The molecule has 0 amide bonds. The van der Waals surface area contributed by atoms with Crippen molar-refractivity contribution in [1.82, 2.24) is 5.32 Å². The fourth-order valence-electron chi connectivity index (χ4n) is 2.03. The third kappa shape index (κ3) is 4.69. The van der Waals surface area contributed by atoms with Crippen molar-refractivity contribution >= 4 is 29.0 Å². The van der Waals surface area contributed by atoms with Crippen molar-refractivity contribution in [3.8, 4) is 5.75 Å². The van der Waals surface area contributed by atoms with Gasteiger partial charge in [-0.15, -0.1) is 0 Å². The molecular weight excluding hydrogens is 312 g/mol. The number of anilines is 1. The number of thiocarbonyl (C=S) groups is 1. The van der Waals surface area contributed by atoms with E-state index >= 15 is 0 Å². The molecule has 120 valence electrons. The Bertz CT molecular complexity index is 714. The Labute approximate surface area is 140 Å². The topological polar surface area (TPSA) is 70.6 Å². The second kappa shape index (κ2) is 7.60. The van der Waals surface area contributed by atoms with Crippen molar-refractivity contribution < 1.29 is 14.6 Å². The lowest BCUT2D eigenvalue weighted by molar-refractivity contribution is 0.0697. The zero-order chi connectivity index (χ0) is 16.8. The number of carbonyl (C=O) groups is 1. The van der Waals surface area contributed by atoms with Crippen LogP contribution in [0.5, 0.6) is 5.75 Å². The summed E-state index contributed by atoms with van der Waals surface area (Å²) in [4.78, 5) is 10.8. The Kier molecular flexibility index (Phi) is 5.54. The van der Waals surface area contributed by atoms with Crippen molar-refractivity contribution in [1.29, 1.82) is 0 Å². The number of carboxylic acids is 1. The van der Waals surface area contributed by atoms with Gasteiger partial charge in [0, 0.05) is 6.54 Å². The van der Waals surface area contributed by atoms with Gasteiger partial charge >= 0.3 is 5.97 Å². The first-order valence-corrected chi connectivity index (χ1v) is 7.42. The summed E-state index contributed by atoms with van der Waals surface area (Å²) in [5.41, 5.74) is 3.10. The molecule has 0 saturated heterocycles. The highest BCUT2D eigenvalue weighted by molar-refractivity contribution is 7.80. The lowest BCUT2D eigenvalue weighted by atomic mass is 10.1. The van der Waals surface area contributed by atoms with Gasteiger partial charge in [-0.05, 0) is 54.5 Å². The molecule has 0 aliphatic carbocycles. The van der Waals surface area contributed by atoms with Gasteiger partial charge in [-0.25, -0.2) is 4.79 Å². The highest BCUT2D eigenvalue weighted by Crippen LogP contribution is 2.25. The molecule has 0 bridgehead atoms. The van der Waals surface area contributed by atoms with Crippen LogP contribution in [0, 0.1) is 6.92 Å². The maximum Gasteiger partial charge on any atom is 0.335 e. The number of hydrogen-bond donors (Lipinski definition) is 3. The van der Waals surface area contributed by atoms with Gasteiger partial charge in [-0.3, -0.25) is 0 Å². The smallest absolute Gasteiger partial charge is 0.335 e. The summed E-state index contributed by atoms with van der Waals surface area (Å²) in [5.74, 6) is -0.223. The van der Waals surface area contributed by atoms with Crippen molar-refractivity contribution in [3.05, 3.63) is 59.2 Å². The van der Waals surface area contributed by atoms with Gasteiger partial charge in [0.15, 0.2) is 5.11 Å². The van der Waals surface area contributed by atoms with Gasteiger partial charge in [0.05, 0.1) is 18.4 Å². The second-order valence-electron chi connectivity index (χ2n) is 5.01. The minimum atomic E-state index is -0.937. The van der Waals surface area contributed by atoms with Crippen LogP contribution < -0.4 is 15.4 Å². The molecule has 2 rings (SSSR count). The molecule has 6 heteroatoms. The van der Waals surface area contributed by atoms with Gasteiger partial charge in [-0.2, -0.15) is 0 Å². The maximum atomic E-state index is 10.8. The normalized spacial score (nSPS) is 10.0. The van der Waals surface area contributed by atoms with E-state index in [0.717, 1.165) is 16.8 Å². The van der Waals surface area contributed by atoms with Crippen molar-refractivity contribution in [3.63, 3.8) is 0 Å². The number of aromatic carboxylic acids is 1. The predicted molar refractivity (Wildman–Crippen MR) is 94.2 cm³/mol. The van der Waals surface area contributed by atoms with Crippen LogP contribution in [0.2, 0.25) is 0 Å². The number of hydrogen-bond acceptors (Lipinski definition) is 3. The average molecular weight is 330 g/mol. The largest absolute Gasteiger partial charge is 0.495 e. The van der Waals surface area contributed by atoms with Gasteiger partial charge in [0.1, 0.15) is 5.75 Å². The molecule has 23 heavy (non-hydrogen) atoms. The number of ether oxygens (including phenoxy) is 1. The predicted octanol–water partition coefficient (Wildman–Crippen LogP) is 3.19. The van der Waals surface area contributed by atoms with Crippen LogP contribution in [-0.4, -0.2) is 23.3 Å². The van der Waals surface area contributed by atoms with E-state index in [2.05, 4.69) is 10.6 Å². The molecule has 5 nitrogen and oxygen atoms in total. The summed E-state index contributed by atoms with van der Waals surface area (Å²) in [6.45, 7) is 2.49. The van der Waals surface area contributed by atoms with Gasteiger partial charge in [0.2, 0.25) is 0 Å². The Morgan fingerprint density at radius 2 is 1.91 bits per heavy atom. The molecule has 0 spiro atoms. The number of nitrogens with one attached hydrogen (secondary N) is 2. The van der Waals surface area contributed by atoms with Crippen molar-refractivity contribution in [2.45, 2.75) is 13.5 Å². The fourth-order valence-corrected chi connectivity index (χ4v) is 2.22. The first-order chi connectivity index (χ1) is 11.0. The minimum Gasteiger partial charge on any atom is -0.495 e. The molecule has 2 aromatic carbocycles. The van der Waals surface area contributed by atoms with E-state index in [0.29, 0.717) is 17.4 Å². The van der Waals surface area contributed by atoms with E-state index in [9.17, 15) is 4.79 Å². The van der Waals surface area contributed by atoms with E-state index in [1.807, 2.05) is 25.1 Å². The van der Waals surface area contributed by atoms with E-state index < -0.39 is 5.97 Å². The van der Waals surface area contributed by atoms with Crippen LogP contribution in [0.25, 0.3) is 0 Å². The molecule has 0 unspecified atom stereocenters. The molecule has 3 N–H and O–H groups in total. The summed E-state index contributed by atoms with van der Waals surface area (Å²) >= 11 is 5.28. The molecule has 0 atom stereocenters. The lowest BCUT2D eigenvalue weighted by Crippen LogP contribution is -2.28. The van der Waals surface area contributed by atoms with Crippen molar-refractivity contribution in [2.24, 2.45) is 0 Å². The number of benzene rings is 2. The van der Waals surface area contributed by atoms with Gasteiger partial charge < -0.3 is 20.5 Å². The van der Waals surface area contributed by atoms with E-state index in [4.69, 9.17) is 22.1 Å². The van der Waals surface area contributed by atoms with Crippen LogP contribution in [-0.2, 0) is 6.54 Å². The number of aryl methyl sites for hydroxylation is 1. The third-order valence-corrected chi connectivity index (χ3v) is 3.50. The van der Waals surface area contributed by atoms with Gasteiger partial charge in [0.25, 0.3) is 0 Å². The van der Waals surface area contributed by atoms with Crippen LogP contribution in [0.3, 0.4) is 0 Å². The van der Waals surface area contributed by atoms with E-state index in [-0.39, 0.29) is 5.56 Å². The molecule has 0 aliphatic rings. The quantitative estimate of drug-likeness (QED) is 0.732. The number of carboxylic acid groups (broad SMARTS) is 1. The molecule has 0 saturated carbocycles. The van der Waals surface area contributed by atoms with Crippen LogP contribution in [0.4, 0.5) is 5.69 Å². The molecular formula is C17H18N2O3S. The van der Waals surface area contributed by atoms with Gasteiger partial charge in [-0.1, -0.05) is 18.2 Å². The Hall–Kier alpha value is -2.60. The standard InChI is InChI=1S/C17H18N2O3S/c1-11-3-8-15(22-2)14(9-11)19-17(23)18-10-12-4-6-13(7-5-12)16(20)21/h3-9H,10H2,1-2H3,(H,20,21)(H2,18,19,23). The maximum absolute atomic E-state index is 10.8. The van der Waals surface area contributed by atoms with Crippen molar-refractivity contribution in [2.75, 3.05) is 12.4 Å².